The van der Waals surface area contributed by atoms with Gasteiger partial charge in [0.25, 0.3) is 0 Å². The van der Waals surface area contributed by atoms with Crippen LogP contribution in [0.3, 0.4) is 0 Å². The zero-order chi connectivity index (χ0) is 13.1. The maximum absolute atomic E-state index is 13.4. The van der Waals surface area contributed by atoms with Crippen molar-refractivity contribution in [3.8, 4) is 6.07 Å². The molecule has 0 saturated heterocycles. The first-order valence-electron chi connectivity index (χ1n) is 5.87. The van der Waals surface area contributed by atoms with Crippen LogP contribution in [0.25, 0.3) is 0 Å². The second kappa shape index (κ2) is 5.05. The normalized spacial score (nSPS) is 15.6. The van der Waals surface area contributed by atoms with Crippen LogP contribution >= 0.6 is 0 Å². The molecule has 1 aliphatic carbocycles. The number of benzene rings is 1. The largest absolute Gasteiger partial charge is 0.373 e. The lowest BCUT2D eigenvalue weighted by atomic mass is 10.1. The Morgan fingerprint density at radius 1 is 1.56 bits per heavy atom. The molecule has 1 unspecified atom stereocenters. The van der Waals surface area contributed by atoms with Gasteiger partial charge in [-0.25, -0.2) is 4.39 Å². The number of hydrogen-bond donors (Lipinski definition) is 2. The Morgan fingerprint density at radius 3 is 2.89 bits per heavy atom. The molecule has 1 saturated carbocycles. The summed E-state index contributed by atoms with van der Waals surface area (Å²) in [5.74, 6) is -0.719. The van der Waals surface area contributed by atoms with Gasteiger partial charge in [0.05, 0.1) is 5.69 Å². The monoisotopic (exact) mass is 247 g/mol. The van der Waals surface area contributed by atoms with E-state index in [0.29, 0.717) is 5.69 Å². The fraction of sp³-hybridized carbons (Fsp3) is 0.385. The van der Waals surface area contributed by atoms with Gasteiger partial charge in [0.15, 0.2) is 0 Å². The average Bonchev–Trinajstić information content (AvgIpc) is 3.13. The maximum Gasteiger partial charge on any atom is 0.242 e. The minimum atomic E-state index is -0.586. The molecule has 0 aromatic heterocycles. The number of halogens is 1. The van der Waals surface area contributed by atoms with E-state index in [2.05, 4.69) is 10.6 Å². The third kappa shape index (κ3) is 2.77. The number of nitrogens with zero attached hydrogens (tertiary/aromatic N) is 1. The highest BCUT2D eigenvalue weighted by atomic mass is 19.1. The second-order valence-corrected chi connectivity index (χ2v) is 4.42. The van der Waals surface area contributed by atoms with Crippen molar-refractivity contribution in [3.63, 3.8) is 0 Å². The lowest BCUT2D eigenvalue weighted by Gasteiger charge is -2.16. The Hall–Kier alpha value is -2.09. The van der Waals surface area contributed by atoms with Gasteiger partial charge in [-0.2, -0.15) is 5.26 Å². The summed E-state index contributed by atoms with van der Waals surface area (Å²) in [7, 11) is 0. The zero-order valence-electron chi connectivity index (χ0n) is 10.0. The fourth-order valence-corrected chi connectivity index (χ4v) is 1.61. The summed E-state index contributed by atoms with van der Waals surface area (Å²) in [5.41, 5.74) is 0.277. The van der Waals surface area contributed by atoms with Gasteiger partial charge in [-0.05, 0) is 31.9 Å². The molecule has 0 bridgehead atoms. The van der Waals surface area contributed by atoms with Crippen molar-refractivity contribution < 1.29 is 9.18 Å². The van der Waals surface area contributed by atoms with E-state index in [1.165, 1.54) is 12.1 Å². The summed E-state index contributed by atoms with van der Waals surface area (Å²) in [6.07, 6.45) is 2.03. The van der Waals surface area contributed by atoms with Crippen LogP contribution in [0, 0.1) is 17.1 Å². The van der Waals surface area contributed by atoms with Crippen LogP contribution in [0.15, 0.2) is 18.2 Å². The molecule has 2 rings (SSSR count). The van der Waals surface area contributed by atoms with Crippen LogP contribution in [-0.4, -0.2) is 18.0 Å². The molecule has 18 heavy (non-hydrogen) atoms. The third-order valence-corrected chi connectivity index (χ3v) is 2.81. The molecular weight excluding hydrogens is 233 g/mol. The van der Waals surface area contributed by atoms with Crippen LogP contribution in [0.4, 0.5) is 10.1 Å². The molecule has 0 radical (unpaired) electrons. The molecule has 1 amide bonds. The first-order valence-corrected chi connectivity index (χ1v) is 5.87. The number of nitrogens with one attached hydrogen (secondary N) is 2. The molecule has 1 atom stereocenters. The van der Waals surface area contributed by atoms with Crippen molar-refractivity contribution in [3.05, 3.63) is 29.6 Å². The highest BCUT2D eigenvalue weighted by Gasteiger charge is 2.25. The average molecular weight is 247 g/mol. The van der Waals surface area contributed by atoms with E-state index < -0.39 is 11.9 Å². The number of hydrogen-bond acceptors (Lipinski definition) is 3. The smallest absolute Gasteiger partial charge is 0.242 e. The van der Waals surface area contributed by atoms with Gasteiger partial charge in [0.2, 0.25) is 5.91 Å². The quantitative estimate of drug-likeness (QED) is 0.852. The molecule has 1 aliphatic rings. The van der Waals surface area contributed by atoms with Crippen molar-refractivity contribution in [2.45, 2.75) is 31.8 Å². The van der Waals surface area contributed by atoms with Gasteiger partial charge in [-0.3, -0.25) is 4.79 Å². The van der Waals surface area contributed by atoms with Crippen LogP contribution in [0.2, 0.25) is 0 Å². The molecule has 4 nitrogen and oxygen atoms in total. The van der Waals surface area contributed by atoms with E-state index in [-0.39, 0.29) is 17.5 Å². The standard InChI is InChI=1S/C13H14FN3O/c1-8(13(18)17-9-5-6-9)16-12-4-2-3-11(14)10(12)7-15/h2-4,8-9,16H,5-6H2,1H3,(H,17,18). The summed E-state index contributed by atoms with van der Waals surface area (Å²) < 4.78 is 13.4. The molecule has 0 heterocycles. The van der Waals surface area contributed by atoms with E-state index in [1.54, 1.807) is 19.1 Å². The highest BCUT2D eigenvalue weighted by Crippen LogP contribution is 2.20. The lowest BCUT2D eigenvalue weighted by Crippen LogP contribution is -2.38. The number of nitriles is 1. The molecule has 1 aromatic rings. The van der Waals surface area contributed by atoms with Crippen LogP contribution < -0.4 is 10.6 Å². The third-order valence-electron chi connectivity index (χ3n) is 2.81. The molecular formula is C13H14FN3O. The van der Waals surface area contributed by atoms with E-state index >= 15 is 0 Å². The molecule has 1 fully saturated rings. The first-order chi connectivity index (χ1) is 8.61. The van der Waals surface area contributed by atoms with Crippen molar-refractivity contribution in [1.29, 1.82) is 5.26 Å². The fourth-order valence-electron chi connectivity index (χ4n) is 1.61. The minimum Gasteiger partial charge on any atom is -0.373 e. The van der Waals surface area contributed by atoms with Crippen molar-refractivity contribution in [2.24, 2.45) is 0 Å². The Balaban J connectivity index is 2.06. The Bertz CT molecular complexity index is 505. The van der Waals surface area contributed by atoms with Crippen molar-refractivity contribution in [1.82, 2.24) is 5.32 Å². The van der Waals surface area contributed by atoms with Crippen LogP contribution in [0.1, 0.15) is 25.3 Å². The van der Waals surface area contributed by atoms with Gasteiger partial charge < -0.3 is 10.6 Å². The predicted molar refractivity (Wildman–Crippen MR) is 65.4 cm³/mol. The van der Waals surface area contributed by atoms with E-state index in [1.807, 2.05) is 0 Å². The zero-order valence-corrected chi connectivity index (χ0v) is 10.0. The maximum atomic E-state index is 13.4. The van der Waals surface area contributed by atoms with E-state index in [0.717, 1.165) is 12.8 Å². The second-order valence-electron chi connectivity index (χ2n) is 4.42. The number of carbonyl (C=O) groups excluding carboxylic acids is 1. The van der Waals surface area contributed by atoms with Gasteiger partial charge >= 0.3 is 0 Å². The van der Waals surface area contributed by atoms with E-state index in [9.17, 15) is 9.18 Å². The highest BCUT2D eigenvalue weighted by molar-refractivity contribution is 5.85. The summed E-state index contributed by atoms with van der Waals surface area (Å²) in [6, 6.07) is 5.88. The molecule has 0 spiro atoms. The lowest BCUT2D eigenvalue weighted by molar-refractivity contribution is -0.121. The molecule has 1 aromatic carbocycles. The number of carbonyl (C=O) groups is 1. The Morgan fingerprint density at radius 2 is 2.28 bits per heavy atom. The topological polar surface area (TPSA) is 64.9 Å². The summed E-state index contributed by atoms with van der Waals surface area (Å²) in [4.78, 5) is 11.7. The van der Waals surface area contributed by atoms with E-state index in [4.69, 9.17) is 5.26 Å². The van der Waals surface area contributed by atoms with Crippen LogP contribution in [-0.2, 0) is 4.79 Å². The summed E-state index contributed by atoms with van der Waals surface area (Å²) >= 11 is 0. The number of rotatable bonds is 4. The SMILES string of the molecule is CC(Nc1cccc(F)c1C#N)C(=O)NC1CC1. The summed E-state index contributed by atoms with van der Waals surface area (Å²) in [5, 5.41) is 14.6. The Labute approximate surface area is 105 Å². The molecule has 94 valence electrons. The molecule has 5 heteroatoms. The minimum absolute atomic E-state index is 0.0661. The molecule has 2 N–H and O–H groups in total. The molecule has 0 aliphatic heterocycles. The summed E-state index contributed by atoms with van der Waals surface area (Å²) in [6.45, 7) is 1.68. The van der Waals surface area contributed by atoms with Crippen molar-refractivity contribution in [2.75, 3.05) is 5.32 Å². The first kappa shape index (κ1) is 12.4. The van der Waals surface area contributed by atoms with Gasteiger partial charge in [0, 0.05) is 6.04 Å². The number of amides is 1. The predicted octanol–water partition coefficient (Wildman–Crippen LogP) is 1.78. The number of anilines is 1. The van der Waals surface area contributed by atoms with Gasteiger partial charge in [-0.15, -0.1) is 0 Å². The van der Waals surface area contributed by atoms with Gasteiger partial charge in [0.1, 0.15) is 23.5 Å². The Kier molecular flexibility index (Phi) is 3.47. The van der Waals surface area contributed by atoms with Crippen molar-refractivity contribution >= 4 is 11.6 Å². The van der Waals surface area contributed by atoms with Crippen LogP contribution in [0.5, 0.6) is 0 Å². The van der Waals surface area contributed by atoms with Gasteiger partial charge in [-0.1, -0.05) is 6.07 Å².